The van der Waals surface area contributed by atoms with Crippen LogP contribution in [0.1, 0.15) is 45.1 Å². The van der Waals surface area contributed by atoms with E-state index >= 15 is 0 Å². The third kappa shape index (κ3) is 5.95. The molecule has 214 valence electrons. The summed E-state index contributed by atoms with van der Waals surface area (Å²) in [6.45, 7) is 3.28. The fraction of sp³-hybridized carbons (Fsp3) is 0.212. The Morgan fingerprint density at radius 2 is 1.67 bits per heavy atom. The van der Waals surface area contributed by atoms with Gasteiger partial charge in [0.25, 0.3) is 11.7 Å². The number of aliphatic hydroxyl groups is 1. The minimum atomic E-state index is -0.837. The minimum Gasteiger partial charge on any atom is -0.507 e. The van der Waals surface area contributed by atoms with Crippen LogP contribution in [0.2, 0.25) is 0 Å². The molecule has 0 spiro atoms. The fourth-order valence-corrected chi connectivity index (χ4v) is 5.02. The molecular weight excluding hydrogens is 534 g/mol. The molecule has 1 aliphatic heterocycles. The zero-order valence-electron chi connectivity index (χ0n) is 23.4. The van der Waals surface area contributed by atoms with Gasteiger partial charge in [-0.3, -0.25) is 9.59 Å². The highest BCUT2D eigenvalue weighted by atomic mass is 16.5. The van der Waals surface area contributed by atoms with E-state index in [4.69, 9.17) is 9.47 Å². The first-order valence-electron chi connectivity index (χ1n) is 13.6. The first-order valence-corrected chi connectivity index (χ1v) is 13.6. The molecule has 0 aliphatic carbocycles. The average Bonchev–Trinajstić information content (AvgIpc) is 3.63. The Morgan fingerprint density at radius 3 is 2.33 bits per heavy atom. The zero-order valence-corrected chi connectivity index (χ0v) is 23.4. The van der Waals surface area contributed by atoms with Crippen LogP contribution in [-0.2, 0) is 27.5 Å². The van der Waals surface area contributed by atoms with Crippen LogP contribution >= 0.6 is 0 Å². The molecule has 0 saturated carbocycles. The van der Waals surface area contributed by atoms with Crippen molar-refractivity contribution < 1.29 is 29.0 Å². The number of ether oxygens (including phenoxy) is 2. The van der Waals surface area contributed by atoms with Gasteiger partial charge in [-0.1, -0.05) is 36.4 Å². The number of carbonyl (C=O) groups is 3. The Labute approximate surface area is 243 Å². The van der Waals surface area contributed by atoms with Crippen molar-refractivity contribution in [3.05, 3.63) is 125 Å². The molecule has 1 amide bonds. The Bertz CT molecular complexity index is 1610. The first-order chi connectivity index (χ1) is 20.4. The lowest BCUT2D eigenvalue weighted by Gasteiger charge is -2.25. The SMILES string of the molecule is COC(=O)c1ccc([C@H]2C(=C(O)c3ccc(OCc4ccccc4C)cc3)C(=O)C(=O)N2CCCn2ccnc2)cc1. The molecule has 1 aromatic heterocycles. The number of carbonyl (C=O) groups excluding carboxylic acids is 3. The highest BCUT2D eigenvalue weighted by Gasteiger charge is 2.45. The number of esters is 1. The standard InChI is InChI=1S/C33H31N3O6/c1-22-6-3-4-7-26(22)20-42-27-14-12-24(13-15-27)30(37)28-29(23-8-10-25(11-9-23)33(40)41-2)36(32(39)31(28)38)18-5-17-35-19-16-34-21-35/h3-4,6-16,19,21,29,37H,5,17-18,20H2,1-2H3/t29-/m0/s1. The van der Waals surface area contributed by atoms with Crippen LogP contribution in [0.4, 0.5) is 0 Å². The van der Waals surface area contributed by atoms with Gasteiger partial charge in [-0.15, -0.1) is 0 Å². The summed E-state index contributed by atoms with van der Waals surface area (Å²) in [6, 6.07) is 20.4. The molecule has 0 radical (unpaired) electrons. The number of Topliss-reactive ketones (excluding diaryl/α,β-unsaturated/α-hetero) is 1. The smallest absolute Gasteiger partial charge is 0.337 e. The minimum absolute atomic E-state index is 0.0120. The third-order valence-electron chi connectivity index (χ3n) is 7.35. The second-order valence-corrected chi connectivity index (χ2v) is 10.00. The molecule has 0 bridgehead atoms. The number of likely N-dealkylation sites (tertiary alicyclic amines) is 1. The number of nitrogens with zero attached hydrogens (tertiary/aromatic N) is 3. The van der Waals surface area contributed by atoms with E-state index in [0.29, 0.717) is 42.0 Å². The first kappa shape index (κ1) is 28.4. The average molecular weight is 566 g/mol. The maximum Gasteiger partial charge on any atom is 0.337 e. The molecule has 9 heteroatoms. The Hall–Kier alpha value is -5.18. The van der Waals surface area contributed by atoms with Crippen molar-refractivity contribution in [2.24, 2.45) is 0 Å². The number of benzene rings is 3. The number of aromatic nitrogens is 2. The number of amides is 1. The molecule has 9 nitrogen and oxygen atoms in total. The molecule has 42 heavy (non-hydrogen) atoms. The van der Waals surface area contributed by atoms with Gasteiger partial charge in [0, 0.05) is 31.0 Å². The summed E-state index contributed by atoms with van der Waals surface area (Å²) in [4.78, 5) is 44.1. The quantitative estimate of drug-likeness (QED) is 0.124. The topological polar surface area (TPSA) is 111 Å². The van der Waals surface area contributed by atoms with Crippen LogP contribution in [0.25, 0.3) is 5.76 Å². The number of aliphatic hydroxyl groups excluding tert-OH is 1. The van der Waals surface area contributed by atoms with E-state index in [-0.39, 0.29) is 17.9 Å². The summed E-state index contributed by atoms with van der Waals surface area (Å²) in [7, 11) is 1.30. The molecule has 3 aromatic carbocycles. The van der Waals surface area contributed by atoms with E-state index in [1.54, 1.807) is 61.1 Å². The number of ketones is 1. The van der Waals surface area contributed by atoms with Crippen LogP contribution in [0, 0.1) is 6.92 Å². The molecule has 1 fully saturated rings. The number of imidazole rings is 1. The number of aryl methyl sites for hydroxylation is 2. The van der Waals surface area contributed by atoms with Crippen LogP contribution in [-0.4, -0.2) is 50.9 Å². The lowest BCUT2D eigenvalue weighted by Crippen LogP contribution is -2.31. The molecule has 5 rings (SSSR count). The highest BCUT2D eigenvalue weighted by molar-refractivity contribution is 6.46. The Morgan fingerprint density at radius 1 is 0.952 bits per heavy atom. The molecule has 4 aromatic rings. The van der Waals surface area contributed by atoms with Crippen molar-refractivity contribution in [1.82, 2.24) is 14.5 Å². The van der Waals surface area contributed by atoms with Crippen molar-refractivity contribution in [2.45, 2.75) is 32.5 Å². The van der Waals surface area contributed by atoms with E-state index in [2.05, 4.69) is 4.98 Å². The third-order valence-corrected chi connectivity index (χ3v) is 7.35. The second kappa shape index (κ2) is 12.6. The van der Waals surface area contributed by atoms with Crippen molar-refractivity contribution in [2.75, 3.05) is 13.7 Å². The monoisotopic (exact) mass is 565 g/mol. The van der Waals surface area contributed by atoms with Gasteiger partial charge in [-0.2, -0.15) is 0 Å². The van der Waals surface area contributed by atoms with Crippen LogP contribution in [0.3, 0.4) is 0 Å². The largest absolute Gasteiger partial charge is 0.507 e. The molecule has 2 heterocycles. The number of hydrogen-bond acceptors (Lipinski definition) is 7. The predicted octanol–water partition coefficient (Wildman–Crippen LogP) is 5.07. The van der Waals surface area contributed by atoms with Crippen molar-refractivity contribution >= 4 is 23.4 Å². The molecule has 1 saturated heterocycles. The van der Waals surface area contributed by atoms with Crippen molar-refractivity contribution in [1.29, 1.82) is 0 Å². The predicted molar refractivity (Wildman–Crippen MR) is 156 cm³/mol. The van der Waals surface area contributed by atoms with E-state index in [1.807, 2.05) is 42.0 Å². The Kier molecular flexibility index (Phi) is 8.47. The van der Waals surface area contributed by atoms with Gasteiger partial charge in [-0.05, 0) is 66.4 Å². The van der Waals surface area contributed by atoms with Gasteiger partial charge >= 0.3 is 5.97 Å². The summed E-state index contributed by atoms with van der Waals surface area (Å²) in [5, 5.41) is 11.4. The Balaban J connectivity index is 1.43. The number of methoxy groups -OCH3 is 1. The zero-order chi connectivity index (χ0) is 29.6. The van der Waals surface area contributed by atoms with Crippen LogP contribution in [0.5, 0.6) is 5.75 Å². The van der Waals surface area contributed by atoms with Crippen LogP contribution < -0.4 is 4.74 Å². The highest BCUT2D eigenvalue weighted by Crippen LogP contribution is 2.39. The molecular formula is C33H31N3O6. The van der Waals surface area contributed by atoms with Gasteiger partial charge in [0.05, 0.1) is 30.6 Å². The number of hydrogen-bond donors (Lipinski definition) is 1. The summed E-state index contributed by atoms with van der Waals surface area (Å²) < 4.78 is 12.6. The molecule has 1 N–H and O–H groups in total. The van der Waals surface area contributed by atoms with E-state index in [9.17, 15) is 19.5 Å². The van der Waals surface area contributed by atoms with Gasteiger partial charge in [-0.25, -0.2) is 9.78 Å². The maximum atomic E-state index is 13.4. The maximum absolute atomic E-state index is 13.4. The van der Waals surface area contributed by atoms with Gasteiger partial charge < -0.3 is 24.0 Å². The van der Waals surface area contributed by atoms with Crippen LogP contribution in [0.15, 0.2) is 97.1 Å². The molecule has 1 atom stereocenters. The van der Waals surface area contributed by atoms with Crippen molar-refractivity contribution in [3.63, 3.8) is 0 Å². The summed E-state index contributed by atoms with van der Waals surface area (Å²) in [5.74, 6) is -1.64. The molecule has 0 unspecified atom stereocenters. The van der Waals surface area contributed by atoms with Gasteiger partial charge in [0.2, 0.25) is 0 Å². The fourth-order valence-electron chi connectivity index (χ4n) is 5.02. The van der Waals surface area contributed by atoms with E-state index in [1.165, 1.54) is 12.0 Å². The number of rotatable bonds is 10. The van der Waals surface area contributed by atoms with Crippen molar-refractivity contribution in [3.8, 4) is 5.75 Å². The van der Waals surface area contributed by atoms with Gasteiger partial charge in [0.15, 0.2) is 0 Å². The van der Waals surface area contributed by atoms with E-state index in [0.717, 1.165) is 11.1 Å². The summed E-state index contributed by atoms with van der Waals surface area (Å²) in [6.07, 6.45) is 5.75. The lowest BCUT2D eigenvalue weighted by molar-refractivity contribution is -0.139. The van der Waals surface area contributed by atoms with Gasteiger partial charge in [0.1, 0.15) is 18.1 Å². The molecule has 1 aliphatic rings. The van der Waals surface area contributed by atoms with E-state index < -0.39 is 23.7 Å². The lowest BCUT2D eigenvalue weighted by atomic mass is 9.94. The summed E-state index contributed by atoms with van der Waals surface area (Å²) in [5.41, 5.74) is 3.48. The second-order valence-electron chi connectivity index (χ2n) is 10.00. The summed E-state index contributed by atoms with van der Waals surface area (Å²) >= 11 is 0. The normalized spacial score (nSPS) is 16.0.